The van der Waals surface area contributed by atoms with Gasteiger partial charge in [0.25, 0.3) is 0 Å². The molecule has 0 N–H and O–H groups in total. The molecule has 0 radical (unpaired) electrons. The summed E-state index contributed by atoms with van der Waals surface area (Å²) in [5.41, 5.74) is 0.899. The average molecular weight is 368 g/mol. The van der Waals surface area contributed by atoms with Crippen LogP contribution in [0.5, 0.6) is 11.5 Å². The van der Waals surface area contributed by atoms with E-state index < -0.39 is 6.29 Å². The van der Waals surface area contributed by atoms with Crippen LogP contribution in [0.2, 0.25) is 0 Å². The van der Waals surface area contributed by atoms with Crippen molar-refractivity contribution in [2.45, 2.75) is 45.8 Å². The Hall–Kier alpha value is -1.34. The van der Waals surface area contributed by atoms with E-state index in [-0.39, 0.29) is 6.79 Å². The number of ether oxygens (including phenoxy) is 6. The first-order valence-corrected chi connectivity index (χ1v) is 9.63. The van der Waals surface area contributed by atoms with Crippen LogP contribution in [0.1, 0.15) is 51.4 Å². The lowest BCUT2D eigenvalue weighted by atomic mass is 10.2. The molecule has 0 aliphatic carbocycles. The maximum absolute atomic E-state index is 5.90. The van der Waals surface area contributed by atoms with E-state index in [9.17, 15) is 0 Å². The lowest BCUT2D eigenvalue weighted by Gasteiger charge is -2.19. The number of hydrogen-bond acceptors (Lipinski definition) is 6. The molecule has 26 heavy (non-hydrogen) atoms. The van der Waals surface area contributed by atoms with E-state index in [1.54, 1.807) is 0 Å². The molecule has 0 aromatic heterocycles. The number of hydrogen-bond donors (Lipinski definition) is 0. The van der Waals surface area contributed by atoms with Gasteiger partial charge in [0, 0.05) is 18.8 Å². The van der Waals surface area contributed by atoms with Crippen molar-refractivity contribution < 1.29 is 28.4 Å². The van der Waals surface area contributed by atoms with Crippen LogP contribution in [-0.2, 0) is 18.9 Å². The summed E-state index contributed by atoms with van der Waals surface area (Å²) in [6.45, 7) is 8.12. The fourth-order valence-corrected chi connectivity index (χ4v) is 2.43. The highest BCUT2D eigenvalue weighted by atomic mass is 16.7. The normalized spacial score (nSPS) is 12.9. The number of rotatable bonds is 15. The summed E-state index contributed by atoms with van der Waals surface area (Å²) in [5, 5.41) is 0. The van der Waals surface area contributed by atoms with Crippen molar-refractivity contribution in [3.8, 4) is 11.5 Å². The Labute approximate surface area is 156 Å². The maximum atomic E-state index is 5.90. The Kier molecular flexibility index (Phi) is 10.4. The van der Waals surface area contributed by atoms with Crippen LogP contribution in [0, 0.1) is 0 Å². The number of fused-ring (bicyclic) bond motifs is 1. The van der Waals surface area contributed by atoms with Gasteiger partial charge in [-0.3, -0.25) is 0 Å². The average Bonchev–Trinajstić information content (AvgIpc) is 3.13. The van der Waals surface area contributed by atoms with Crippen molar-refractivity contribution in [2.75, 3.05) is 46.4 Å². The zero-order valence-electron chi connectivity index (χ0n) is 16.0. The molecule has 0 amide bonds. The van der Waals surface area contributed by atoms with E-state index in [1.807, 2.05) is 18.2 Å². The van der Waals surface area contributed by atoms with Crippen LogP contribution < -0.4 is 9.47 Å². The van der Waals surface area contributed by atoms with Gasteiger partial charge in [-0.05, 0) is 31.0 Å². The molecular weight excluding hydrogens is 336 g/mol. The fourth-order valence-electron chi connectivity index (χ4n) is 2.43. The zero-order valence-corrected chi connectivity index (χ0v) is 16.0. The van der Waals surface area contributed by atoms with E-state index in [0.717, 1.165) is 56.0 Å². The first kappa shape index (κ1) is 21.0. The highest BCUT2D eigenvalue weighted by molar-refractivity contribution is 5.44. The SMILES string of the molecule is CCCCOCCOC(OCCOCCCC)c1ccc2c(c1)OCO2. The molecule has 2 rings (SSSR count). The summed E-state index contributed by atoms with van der Waals surface area (Å²) in [6.07, 6.45) is 3.91. The standard InChI is InChI=1S/C20H32O6/c1-3-5-9-21-11-13-23-20(24-14-12-22-10-6-4-2)17-7-8-18-19(15-17)26-16-25-18/h7-8,15,20H,3-6,9-14,16H2,1-2H3. The molecule has 1 aromatic rings. The van der Waals surface area contributed by atoms with Crippen LogP contribution in [-0.4, -0.2) is 46.4 Å². The molecule has 6 heteroatoms. The van der Waals surface area contributed by atoms with Crippen LogP contribution in [0.15, 0.2) is 18.2 Å². The highest BCUT2D eigenvalue weighted by Crippen LogP contribution is 2.35. The molecule has 6 nitrogen and oxygen atoms in total. The largest absolute Gasteiger partial charge is 0.454 e. The Morgan fingerprint density at radius 3 is 2.04 bits per heavy atom. The van der Waals surface area contributed by atoms with Gasteiger partial charge in [-0.1, -0.05) is 26.7 Å². The van der Waals surface area contributed by atoms with Gasteiger partial charge in [0.15, 0.2) is 17.8 Å². The summed E-state index contributed by atoms with van der Waals surface area (Å²) in [7, 11) is 0. The monoisotopic (exact) mass is 368 g/mol. The Morgan fingerprint density at radius 1 is 0.808 bits per heavy atom. The molecule has 0 saturated heterocycles. The van der Waals surface area contributed by atoms with Gasteiger partial charge in [-0.2, -0.15) is 0 Å². The molecule has 0 spiro atoms. The summed E-state index contributed by atoms with van der Waals surface area (Å²) in [6, 6.07) is 5.73. The third-order valence-electron chi connectivity index (χ3n) is 3.95. The predicted octanol–water partition coefficient (Wildman–Crippen LogP) is 4.08. The summed E-state index contributed by atoms with van der Waals surface area (Å²) in [4.78, 5) is 0. The molecule has 1 heterocycles. The molecule has 0 fully saturated rings. The second kappa shape index (κ2) is 12.9. The Morgan fingerprint density at radius 2 is 1.42 bits per heavy atom. The molecule has 1 aliphatic heterocycles. The fraction of sp³-hybridized carbons (Fsp3) is 0.700. The van der Waals surface area contributed by atoms with Gasteiger partial charge in [-0.25, -0.2) is 0 Å². The quantitative estimate of drug-likeness (QED) is 0.343. The first-order chi connectivity index (χ1) is 12.8. The van der Waals surface area contributed by atoms with Gasteiger partial charge >= 0.3 is 0 Å². The summed E-state index contributed by atoms with van der Waals surface area (Å²) < 4.78 is 33.7. The lowest BCUT2D eigenvalue weighted by molar-refractivity contribution is -0.162. The van der Waals surface area contributed by atoms with Gasteiger partial charge in [0.1, 0.15) is 0 Å². The molecule has 0 unspecified atom stereocenters. The molecule has 0 atom stereocenters. The number of benzene rings is 1. The predicted molar refractivity (Wildman–Crippen MR) is 98.7 cm³/mol. The summed E-state index contributed by atoms with van der Waals surface area (Å²) >= 11 is 0. The smallest absolute Gasteiger partial charge is 0.231 e. The van der Waals surface area contributed by atoms with Crippen LogP contribution >= 0.6 is 0 Å². The lowest BCUT2D eigenvalue weighted by Crippen LogP contribution is -2.16. The summed E-state index contributed by atoms with van der Waals surface area (Å²) in [5.74, 6) is 1.47. The van der Waals surface area contributed by atoms with E-state index in [0.29, 0.717) is 26.4 Å². The molecule has 148 valence electrons. The minimum atomic E-state index is -0.478. The minimum absolute atomic E-state index is 0.252. The first-order valence-electron chi connectivity index (χ1n) is 9.63. The Balaban J connectivity index is 1.80. The van der Waals surface area contributed by atoms with Gasteiger partial charge in [-0.15, -0.1) is 0 Å². The zero-order chi connectivity index (χ0) is 18.5. The van der Waals surface area contributed by atoms with Crippen molar-refractivity contribution in [2.24, 2.45) is 0 Å². The van der Waals surface area contributed by atoms with Crippen LogP contribution in [0.4, 0.5) is 0 Å². The molecule has 1 aromatic carbocycles. The van der Waals surface area contributed by atoms with Crippen molar-refractivity contribution >= 4 is 0 Å². The van der Waals surface area contributed by atoms with E-state index in [2.05, 4.69) is 13.8 Å². The maximum Gasteiger partial charge on any atom is 0.231 e. The third kappa shape index (κ3) is 7.50. The number of unbranched alkanes of at least 4 members (excludes halogenated alkanes) is 2. The molecule has 0 saturated carbocycles. The second-order valence-electron chi connectivity index (χ2n) is 6.12. The van der Waals surface area contributed by atoms with E-state index in [1.165, 1.54) is 0 Å². The van der Waals surface area contributed by atoms with E-state index >= 15 is 0 Å². The van der Waals surface area contributed by atoms with Crippen molar-refractivity contribution in [1.82, 2.24) is 0 Å². The minimum Gasteiger partial charge on any atom is -0.454 e. The van der Waals surface area contributed by atoms with Gasteiger partial charge in [0.05, 0.1) is 26.4 Å². The van der Waals surface area contributed by atoms with Crippen LogP contribution in [0.3, 0.4) is 0 Å². The van der Waals surface area contributed by atoms with Crippen LogP contribution in [0.25, 0.3) is 0 Å². The van der Waals surface area contributed by atoms with Gasteiger partial charge in [0.2, 0.25) is 6.79 Å². The van der Waals surface area contributed by atoms with Gasteiger partial charge < -0.3 is 28.4 Å². The topological polar surface area (TPSA) is 55.4 Å². The molecule has 0 bridgehead atoms. The Bertz CT molecular complexity index is 477. The third-order valence-corrected chi connectivity index (χ3v) is 3.95. The highest BCUT2D eigenvalue weighted by Gasteiger charge is 2.19. The van der Waals surface area contributed by atoms with Crippen molar-refractivity contribution in [3.63, 3.8) is 0 Å². The van der Waals surface area contributed by atoms with Crippen molar-refractivity contribution in [3.05, 3.63) is 23.8 Å². The van der Waals surface area contributed by atoms with E-state index in [4.69, 9.17) is 28.4 Å². The molecular formula is C20H32O6. The molecule has 1 aliphatic rings. The second-order valence-corrected chi connectivity index (χ2v) is 6.12. The van der Waals surface area contributed by atoms with Crippen molar-refractivity contribution in [1.29, 1.82) is 0 Å².